The molecule has 264 valence electrons. The standard InChI is InChI=1S/C34H46ClN3O10/c1-18-11-10-12-26(45-9)34(43)17-25(46-32(42)36-34)19(2)30-33(5,48-30)27(47-31(41)20(3)37(6)21(4)39)16-28(40)38(7)23-14-22(13-18)15-24(44-8)29(23)35/h10-12,14-15,19-20,25-27,30,43H,13,16-17H2,1-9H3,(H,36,42)/b12-10-,18-11+/t19-,20-,25+,26-,27+,30-,33-,34-/m1/s1. The highest BCUT2D eigenvalue weighted by atomic mass is 35.5. The maximum atomic E-state index is 14.0. The molecule has 13 nitrogen and oxygen atoms in total. The molecule has 0 unspecified atom stereocenters. The smallest absolute Gasteiger partial charge is 0.409 e. The molecule has 2 saturated heterocycles. The Morgan fingerprint density at radius 3 is 2.56 bits per heavy atom. The number of epoxide rings is 1. The van der Waals surface area contributed by atoms with E-state index in [0.717, 1.165) is 11.1 Å². The molecule has 0 saturated carbocycles. The zero-order valence-electron chi connectivity index (χ0n) is 28.9. The summed E-state index contributed by atoms with van der Waals surface area (Å²) in [5.74, 6) is -1.63. The summed E-state index contributed by atoms with van der Waals surface area (Å²) in [7, 11) is 5.97. The van der Waals surface area contributed by atoms with Crippen LogP contribution in [-0.2, 0) is 39.8 Å². The first-order valence-corrected chi connectivity index (χ1v) is 16.2. The highest BCUT2D eigenvalue weighted by molar-refractivity contribution is 6.35. The first kappa shape index (κ1) is 37.2. The van der Waals surface area contributed by atoms with Crippen LogP contribution in [0, 0.1) is 5.92 Å². The lowest BCUT2D eigenvalue weighted by Crippen LogP contribution is -2.63. The van der Waals surface area contributed by atoms with Gasteiger partial charge < -0.3 is 38.6 Å². The number of fused-ring (bicyclic) bond motifs is 5. The number of ether oxygens (including phenoxy) is 5. The van der Waals surface area contributed by atoms with E-state index < -0.39 is 65.7 Å². The van der Waals surface area contributed by atoms with Gasteiger partial charge in [0.05, 0.1) is 25.3 Å². The van der Waals surface area contributed by atoms with E-state index in [2.05, 4.69) is 5.32 Å². The lowest BCUT2D eigenvalue weighted by atomic mass is 9.83. The van der Waals surface area contributed by atoms with Gasteiger partial charge in [-0.05, 0) is 44.9 Å². The Bertz CT molecular complexity index is 1500. The number of aliphatic hydroxyl groups is 1. The summed E-state index contributed by atoms with van der Waals surface area (Å²) < 4.78 is 28.9. The Balaban J connectivity index is 1.80. The molecule has 48 heavy (non-hydrogen) atoms. The summed E-state index contributed by atoms with van der Waals surface area (Å²) in [6.45, 7) is 8.29. The number of likely N-dealkylation sites (N-methyl/N-ethyl adjacent to an activating group) is 1. The molecule has 3 aliphatic heterocycles. The van der Waals surface area contributed by atoms with Crippen molar-refractivity contribution in [3.05, 3.63) is 46.5 Å². The van der Waals surface area contributed by atoms with Gasteiger partial charge in [0.25, 0.3) is 0 Å². The highest BCUT2D eigenvalue weighted by Crippen LogP contribution is 2.49. The Hall–Kier alpha value is -3.65. The number of anilines is 1. The van der Waals surface area contributed by atoms with E-state index in [1.165, 1.54) is 44.9 Å². The van der Waals surface area contributed by atoms with Gasteiger partial charge in [0.2, 0.25) is 11.8 Å². The zero-order valence-corrected chi connectivity index (χ0v) is 29.6. The lowest BCUT2D eigenvalue weighted by molar-refractivity contribution is -0.161. The number of carbonyl (C=O) groups excluding carboxylic acids is 4. The van der Waals surface area contributed by atoms with Crippen molar-refractivity contribution in [1.29, 1.82) is 0 Å². The molecule has 2 N–H and O–H groups in total. The Labute approximate surface area is 286 Å². The molecule has 0 aliphatic carbocycles. The normalized spacial score (nSPS) is 33.2. The van der Waals surface area contributed by atoms with Gasteiger partial charge in [0, 0.05) is 40.5 Å². The second-order valence-electron chi connectivity index (χ2n) is 13.0. The van der Waals surface area contributed by atoms with Crippen LogP contribution in [0.2, 0.25) is 5.02 Å². The number of carbonyl (C=O) groups is 4. The van der Waals surface area contributed by atoms with E-state index in [1.54, 1.807) is 45.2 Å². The number of benzene rings is 1. The maximum absolute atomic E-state index is 14.0. The van der Waals surface area contributed by atoms with Crippen molar-refractivity contribution in [1.82, 2.24) is 10.2 Å². The van der Waals surface area contributed by atoms with E-state index in [4.69, 9.17) is 35.3 Å². The number of amides is 3. The van der Waals surface area contributed by atoms with Crippen LogP contribution in [-0.4, -0.2) is 104 Å². The van der Waals surface area contributed by atoms with Gasteiger partial charge >= 0.3 is 12.1 Å². The van der Waals surface area contributed by atoms with Gasteiger partial charge in [-0.15, -0.1) is 0 Å². The molecule has 3 heterocycles. The minimum Gasteiger partial charge on any atom is -0.495 e. The van der Waals surface area contributed by atoms with Crippen molar-refractivity contribution < 1.29 is 48.0 Å². The highest BCUT2D eigenvalue weighted by Gasteiger charge is 2.64. The summed E-state index contributed by atoms with van der Waals surface area (Å²) in [4.78, 5) is 54.7. The lowest BCUT2D eigenvalue weighted by Gasteiger charge is -2.42. The van der Waals surface area contributed by atoms with E-state index in [-0.39, 0.29) is 23.8 Å². The summed E-state index contributed by atoms with van der Waals surface area (Å²) in [5, 5.41) is 14.4. The average Bonchev–Trinajstić information content (AvgIpc) is 3.73. The molecule has 8 atom stereocenters. The van der Waals surface area contributed by atoms with Crippen LogP contribution in [0.15, 0.2) is 35.9 Å². The van der Waals surface area contributed by atoms with Crippen molar-refractivity contribution in [2.24, 2.45) is 5.92 Å². The molecular formula is C34H46ClN3O10. The summed E-state index contributed by atoms with van der Waals surface area (Å²) in [6, 6.07) is 2.63. The Kier molecular flexibility index (Phi) is 11.2. The number of allylic oxidation sites excluding steroid dienone is 3. The van der Waals surface area contributed by atoms with E-state index in [1.807, 2.05) is 13.0 Å². The van der Waals surface area contributed by atoms with Crippen LogP contribution in [0.3, 0.4) is 0 Å². The van der Waals surface area contributed by atoms with Gasteiger partial charge in [0.15, 0.2) is 5.72 Å². The second kappa shape index (κ2) is 14.5. The van der Waals surface area contributed by atoms with Crippen LogP contribution in [0.5, 0.6) is 5.75 Å². The first-order chi connectivity index (χ1) is 22.4. The van der Waals surface area contributed by atoms with Crippen molar-refractivity contribution in [3.8, 4) is 5.75 Å². The van der Waals surface area contributed by atoms with E-state index in [0.29, 0.717) is 17.9 Å². The molecule has 0 spiro atoms. The van der Waals surface area contributed by atoms with E-state index in [9.17, 15) is 24.3 Å². The number of methoxy groups -OCH3 is 2. The predicted molar refractivity (Wildman–Crippen MR) is 177 cm³/mol. The fraction of sp³-hybridized carbons (Fsp3) is 0.588. The largest absolute Gasteiger partial charge is 0.495 e. The van der Waals surface area contributed by atoms with Crippen molar-refractivity contribution in [2.45, 2.75) is 95.7 Å². The van der Waals surface area contributed by atoms with E-state index >= 15 is 0 Å². The number of rotatable bonds is 5. The first-order valence-electron chi connectivity index (χ1n) is 15.8. The number of esters is 1. The quantitative estimate of drug-likeness (QED) is 0.346. The van der Waals surface area contributed by atoms with Crippen molar-refractivity contribution in [3.63, 3.8) is 0 Å². The molecule has 14 heteroatoms. The molecular weight excluding hydrogens is 646 g/mol. The van der Waals surface area contributed by atoms with Gasteiger partial charge in [-0.1, -0.05) is 42.3 Å². The third-order valence-electron chi connectivity index (χ3n) is 9.63. The van der Waals surface area contributed by atoms with Crippen LogP contribution < -0.4 is 15.0 Å². The molecule has 0 radical (unpaired) electrons. The number of halogens is 1. The van der Waals surface area contributed by atoms with Gasteiger partial charge in [-0.3, -0.25) is 14.9 Å². The molecule has 0 aromatic heterocycles. The van der Waals surface area contributed by atoms with Crippen molar-refractivity contribution in [2.75, 3.05) is 33.2 Å². The van der Waals surface area contributed by atoms with Crippen LogP contribution >= 0.6 is 11.6 Å². The van der Waals surface area contributed by atoms with Gasteiger partial charge in [0.1, 0.15) is 40.7 Å². The van der Waals surface area contributed by atoms with Crippen LogP contribution in [0.1, 0.15) is 53.0 Å². The molecule has 3 amide bonds. The number of nitrogens with zero attached hydrogens (tertiary/aromatic N) is 2. The molecule has 4 rings (SSSR count). The molecule has 1 aromatic rings. The molecule has 4 bridgehead atoms. The fourth-order valence-electron chi connectivity index (χ4n) is 6.27. The Morgan fingerprint density at radius 1 is 1.25 bits per heavy atom. The molecule has 2 fully saturated rings. The Morgan fingerprint density at radius 2 is 1.94 bits per heavy atom. The van der Waals surface area contributed by atoms with Crippen molar-refractivity contribution >= 4 is 41.2 Å². The number of alkyl carbamates (subject to hydrolysis) is 1. The zero-order chi connectivity index (χ0) is 35.7. The minimum absolute atomic E-state index is 0.0436. The van der Waals surface area contributed by atoms with Gasteiger partial charge in [-0.25, -0.2) is 9.59 Å². The summed E-state index contributed by atoms with van der Waals surface area (Å²) >= 11 is 6.71. The fourth-order valence-corrected chi connectivity index (χ4v) is 6.59. The average molecular weight is 692 g/mol. The molecule has 3 aliphatic rings. The number of hydrogen-bond donors (Lipinski definition) is 2. The van der Waals surface area contributed by atoms with Crippen LogP contribution in [0.25, 0.3) is 0 Å². The van der Waals surface area contributed by atoms with Gasteiger partial charge in [-0.2, -0.15) is 0 Å². The third-order valence-corrected chi connectivity index (χ3v) is 10.0. The van der Waals surface area contributed by atoms with Crippen LogP contribution in [0.4, 0.5) is 10.5 Å². The SMILES string of the molecule is COc1cc2cc(c1Cl)N(C)C(=O)C[C@H](OC(=O)[C@@H](C)N(C)C(C)=O)[C@@]1(C)O[C@@H]1[C@H](C)[C@@H]1C[C@](O)(NC(=O)O1)[C@H](OC)/C=C\C=C(/C)C2. The number of nitrogens with one attached hydrogen (secondary N) is 1. The number of hydrogen-bond acceptors (Lipinski definition) is 10. The second-order valence-corrected chi connectivity index (χ2v) is 13.4. The maximum Gasteiger partial charge on any atom is 0.409 e. The third kappa shape index (κ3) is 7.64. The topological polar surface area (TPSA) is 156 Å². The molecule has 1 aromatic carbocycles. The summed E-state index contributed by atoms with van der Waals surface area (Å²) in [5.41, 5.74) is -0.871. The monoisotopic (exact) mass is 691 g/mol. The minimum atomic E-state index is -1.81. The summed E-state index contributed by atoms with van der Waals surface area (Å²) in [6.07, 6.45) is 1.02. The predicted octanol–water partition coefficient (Wildman–Crippen LogP) is 3.53.